The molecule has 1 unspecified atom stereocenters. The summed E-state index contributed by atoms with van der Waals surface area (Å²) in [5, 5.41) is 3.45. The minimum absolute atomic E-state index is 0.407. The lowest BCUT2D eigenvalue weighted by atomic mass is 9.93. The van der Waals surface area contributed by atoms with Crippen LogP contribution in [0.25, 0.3) is 0 Å². The van der Waals surface area contributed by atoms with Crippen LogP contribution in [0.2, 0.25) is 0 Å². The summed E-state index contributed by atoms with van der Waals surface area (Å²) >= 11 is 0. The summed E-state index contributed by atoms with van der Waals surface area (Å²) in [6.45, 7) is 11.2. The zero-order chi connectivity index (χ0) is 15.1. The number of rotatable bonds is 6. The zero-order valence-corrected chi connectivity index (χ0v) is 13.9. The van der Waals surface area contributed by atoms with Crippen LogP contribution in [0.5, 0.6) is 0 Å². The number of nitrogens with zero attached hydrogens (tertiary/aromatic N) is 2. The fourth-order valence-electron chi connectivity index (χ4n) is 2.96. The molecule has 5 heteroatoms. The number of nitrogens with one attached hydrogen (secondary N) is 1. The molecule has 0 saturated carbocycles. The van der Waals surface area contributed by atoms with Crippen LogP contribution < -0.4 is 5.32 Å². The number of aliphatic imine (C=N–C) groups is 1. The maximum atomic E-state index is 5.72. The molecule has 122 valence electrons. The predicted octanol–water partition coefficient (Wildman–Crippen LogP) is 1.74. The van der Waals surface area contributed by atoms with Crippen LogP contribution in [-0.4, -0.2) is 64.0 Å². The van der Waals surface area contributed by atoms with E-state index in [0.717, 1.165) is 64.9 Å². The average Bonchev–Trinajstić information content (AvgIpc) is 3.07. The largest absolute Gasteiger partial charge is 0.381 e. The van der Waals surface area contributed by atoms with E-state index in [9.17, 15) is 0 Å². The van der Waals surface area contributed by atoms with Crippen molar-refractivity contribution >= 4 is 5.96 Å². The quantitative estimate of drug-likeness (QED) is 0.461. The van der Waals surface area contributed by atoms with Gasteiger partial charge in [-0.15, -0.1) is 0 Å². The van der Waals surface area contributed by atoms with Gasteiger partial charge in [-0.3, -0.25) is 4.99 Å². The Balaban J connectivity index is 1.54. The van der Waals surface area contributed by atoms with Crippen LogP contribution >= 0.6 is 0 Å². The molecular formula is C16H31N3O2. The van der Waals surface area contributed by atoms with Gasteiger partial charge >= 0.3 is 0 Å². The van der Waals surface area contributed by atoms with E-state index in [1.807, 2.05) is 7.05 Å². The average molecular weight is 297 g/mol. The summed E-state index contributed by atoms with van der Waals surface area (Å²) < 4.78 is 11.1. The molecule has 0 aliphatic carbocycles. The fraction of sp³-hybridized carbons (Fsp3) is 0.938. The molecule has 0 aromatic carbocycles. The fourth-order valence-corrected chi connectivity index (χ4v) is 2.96. The Morgan fingerprint density at radius 2 is 2.33 bits per heavy atom. The first-order chi connectivity index (χ1) is 10.1. The molecule has 1 atom stereocenters. The van der Waals surface area contributed by atoms with Crippen molar-refractivity contribution in [3.63, 3.8) is 0 Å². The molecule has 0 radical (unpaired) electrons. The van der Waals surface area contributed by atoms with Crippen molar-refractivity contribution in [3.8, 4) is 0 Å². The maximum absolute atomic E-state index is 5.72. The highest BCUT2D eigenvalue weighted by atomic mass is 16.5. The molecule has 5 nitrogen and oxygen atoms in total. The third-order valence-electron chi connectivity index (χ3n) is 4.31. The summed E-state index contributed by atoms with van der Waals surface area (Å²) in [7, 11) is 1.87. The molecule has 2 fully saturated rings. The summed E-state index contributed by atoms with van der Waals surface area (Å²) in [5.41, 5.74) is 0.407. The third-order valence-corrected chi connectivity index (χ3v) is 4.31. The van der Waals surface area contributed by atoms with Gasteiger partial charge in [-0.1, -0.05) is 13.8 Å². The molecule has 0 spiro atoms. The van der Waals surface area contributed by atoms with E-state index in [0.29, 0.717) is 11.3 Å². The predicted molar refractivity (Wildman–Crippen MR) is 85.7 cm³/mol. The number of likely N-dealkylation sites (tertiary alicyclic amines) is 1. The van der Waals surface area contributed by atoms with Gasteiger partial charge in [0.05, 0.1) is 13.2 Å². The Kier molecular flexibility index (Phi) is 6.30. The molecular weight excluding hydrogens is 266 g/mol. The topological polar surface area (TPSA) is 46.1 Å². The molecule has 2 saturated heterocycles. The monoisotopic (exact) mass is 297 g/mol. The van der Waals surface area contributed by atoms with Gasteiger partial charge < -0.3 is 19.7 Å². The van der Waals surface area contributed by atoms with Crippen LogP contribution in [0.3, 0.4) is 0 Å². The van der Waals surface area contributed by atoms with Gasteiger partial charge in [0.2, 0.25) is 0 Å². The van der Waals surface area contributed by atoms with Crippen molar-refractivity contribution in [2.24, 2.45) is 16.3 Å². The van der Waals surface area contributed by atoms with Gasteiger partial charge in [0.1, 0.15) is 0 Å². The van der Waals surface area contributed by atoms with Gasteiger partial charge in [-0.2, -0.15) is 0 Å². The molecule has 21 heavy (non-hydrogen) atoms. The highest BCUT2D eigenvalue weighted by Crippen LogP contribution is 2.28. The number of ether oxygens (including phenoxy) is 2. The summed E-state index contributed by atoms with van der Waals surface area (Å²) in [6.07, 6.45) is 3.40. The minimum Gasteiger partial charge on any atom is -0.381 e. The van der Waals surface area contributed by atoms with Crippen LogP contribution in [-0.2, 0) is 9.47 Å². The molecule has 2 rings (SSSR count). The second-order valence-electron chi connectivity index (χ2n) is 6.97. The molecule has 0 bridgehead atoms. The van der Waals surface area contributed by atoms with Gasteiger partial charge in [0.25, 0.3) is 0 Å². The summed E-state index contributed by atoms with van der Waals surface area (Å²) in [6, 6.07) is 0. The van der Waals surface area contributed by atoms with Crippen molar-refractivity contribution < 1.29 is 9.47 Å². The standard InChI is InChI=1S/C16H31N3O2/c1-16(2)6-8-19(13-16)15(17-3)18-7-4-9-20-11-14-5-10-21-12-14/h14H,4-13H2,1-3H3,(H,17,18). The highest BCUT2D eigenvalue weighted by Gasteiger charge is 2.30. The SMILES string of the molecule is CN=C(NCCCOCC1CCOC1)N1CCC(C)(C)C1. The van der Waals surface area contributed by atoms with Crippen LogP contribution in [0.15, 0.2) is 4.99 Å². The Morgan fingerprint density at radius 1 is 1.48 bits per heavy atom. The van der Waals surface area contributed by atoms with E-state index >= 15 is 0 Å². The molecule has 2 heterocycles. The van der Waals surface area contributed by atoms with E-state index in [1.165, 1.54) is 6.42 Å². The number of hydrogen-bond donors (Lipinski definition) is 1. The van der Waals surface area contributed by atoms with Gasteiger partial charge in [-0.05, 0) is 24.7 Å². The van der Waals surface area contributed by atoms with Gasteiger partial charge in [-0.25, -0.2) is 0 Å². The summed E-state index contributed by atoms with van der Waals surface area (Å²) in [4.78, 5) is 6.75. The first kappa shape index (κ1) is 16.6. The van der Waals surface area contributed by atoms with Crippen molar-refractivity contribution in [2.45, 2.75) is 33.1 Å². The molecule has 0 aromatic rings. The normalized spacial score (nSPS) is 25.6. The van der Waals surface area contributed by atoms with Gasteiger partial charge in [0.15, 0.2) is 5.96 Å². The van der Waals surface area contributed by atoms with Crippen molar-refractivity contribution in [1.82, 2.24) is 10.2 Å². The summed E-state index contributed by atoms with van der Waals surface area (Å²) in [5.74, 6) is 1.64. The van der Waals surface area contributed by atoms with Crippen molar-refractivity contribution in [1.29, 1.82) is 0 Å². The number of hydrogen-bond acceptors (Lipinski definition) is 3. The van der Waals surface area contributed by atoms with E-state index in [4.69, 9.17) is 9.47 Å². The Labute approximate surface area is 129 Å². The van der Waals surface area contributed by atoms with E-state index in [1.54, 1.807) is 0 Å². The van der Waals surface area contributed by atoms with E-state index in [2.05, 4.69) is 29.1 Å². The minimum atomic E-state index is 0.407. The smallest absolute Gasteiger partial charge is 0.193 e. The molecule has 2 aliphatic heterocycles. The number of guanidine groups is 1. The molecule has 0 amide bonds. The van der Waals surface area contributed by atoms with Crippen molar-refractivity contribution in [2.75, 3.05) is 53.1 Å². The Bertz CT molecular complexity index is 338. The van der Waals surface area contributed by atoms with Crippen molar-refractivity contribution in [3.05, 3.63) is 0 Å². The van der Waals surface area contributed by atoms with E-state index in [-0.39, 0.29) is 0 Å². The first-order valence-electron chi connectivity index (χ1n) is 8.22. The highest BCUT2D eigenvalue weighted by molar-refractivity contribution is 5.80. The maximum Gasteiger partial charge on any atom is 0.193 e. The molecule has 1 N–H and O–H groups in total. The lowest BCUT2D eigenvalue weighted by Crippen LogP contribution is -2.41. The third kappa shape index (κ3) is 5.47. The molecule has 0 aromatic heterocycles. The van der Waals surface area contributed by atoms with Gasteiger partial charge in [0, 0.05) is 45.8 Å². The molecule has 2 aliphatic rings. The lowest BCUT2D eigenvalue weighted by molar-refractivity contribution is 0.0887. The Morgan fingerprint density at radius 3 is 2.95 bits per heavy atom. The second kappa shape index (κ2) is 7.99. The van der Waals surface area contributed by atoms with Crippen LogP contribution in [0.4, 0.5) is 0 Å². The van der Waals surface area contributed by atoms with E-state index < -0.39 is 0 Å². The van der Waals surface area contributed by atoms with Crippen LogP contribution in [0.1, 0.15) is 33.1 Å². The van der Waals surface area contributed by atoms with Crippen LogP contribution in [0, 0.1) is 11.3 Å². The Hall–Kier alpha value is -0.810. The zero-order valence-electron chi connectivity index (χ0n) is 13.9. The first-order valence-corrected chi connectivity index (χ1v) is 8.22. The second-order valence-corrected chi connectivity index (χ2v) is 6.97. The lowest BCUT2D eigenvalue weighted by Gasteiger charge is -2.23.